The lowest BCUT2D eigenvalue weighted by molar-refractivity contribution is -0.192. The molecule has 0 spiro atoms. The monoisotopic (exact) mass is 457 g/mol. The molecule has 0 unspecified atom stereocenters. The lowest BCUT2D eigenvalue weighted by Crippen LogP contribution is -2.40. The van der Waals surface area contributed by atoms with Crippen LogP contribution in [0.5, 0.6) is 0 Å². The van der Waals surface area contributed by atoms with Crippen LogP contribution in [0.4, 0.5) is 13.2 Å². The summed E-state index contributed by atoms with van der Waals surface area (Å²) in [4.78, 5) is 11.2. The van der Waals surface area contributed by atoms with E-state index >= 15 is 0 Å². The normalized spacial score (nSPS) is 23.6. The van der Waals surface area contributed by atoms with Crippen molar-refractivity contribution in [3.63, 3.8) is 0 Å². The maximum atomic E-state index is 12.3. The minimum absolute atomic E-state index is 0.0105. The zero-order chi connectivity index (χ0) is 22.7. The van der Waals surface area contributed by atoms with E-state index in [0.29, 0.717) is 19.7 Å². The van der Waals surface area contributed by atoms with Crippen molar-refractivity contribution in [3.8, 4) is 0 Å². The van der Waals surface area contributed by atoms with Gasteiger partial charge in [-0.3, -0.25) is 9.58 Å². The summed E-state index contributed by atoms with van der Waals surface area (Å²) in [6.07, 6.45) is -1.20. The first-order valence-corrected chi connectivity index (χ1v) is 10.5. The van der Waals surface area contributed by atoms with Crippen LogP contribution in [0.25, 0.3) is 0 Å². The predicted molar refractivity (Wildman–Crippen MR) is 99.6 cm³/mol. The number of alkyl halides is 3. The summed E-state index contributed by atoms with van der Waals surface area (Å²) in [5, 5.41) is 11.3. The van der Waals surface area contributed by atoms with Crippen LogP contribution < -0.4 is 0 Å². The number of aromatic nitrogens is 2. The number of carboxylic acids is 1. The number of fused-ring (bicyclic) bond motifs is 1. The van der Waals surface area contributed by atoms with Gasteiger partial charge in [-0.25, -0.2) is 4.79 Å². The van der Waals surface area contributed by atoms with Crippen molar-refractivity contribution >= 4 is 16.2 Å². The first-order chi connectivity index (χ1) is 13.8. The number of aliphatic carboxylic acids is 1. The van der Waals surface area contributed by atoms with Crippen LogP contribution in [-0.4, -0.2) is 102 Å². The average Bonchev–Trinajstić information content (AvgIpc) is 3.16. The van der Waals surface area contributed by atoms with Crippen LogP contribution in [0.1, 0.15) is 5.56 Å². The van der Waals surface area contributed by atoms with E-state index in [4.69, 9.17) is 14.6 Å². The third kappa shape index (κ3) is 6.38. The molecule has 0 aliphatic carbocycles. The van der Waals surface area contributed by atoms with Crippen molar-refractivity contribution in [2.75, 3.05) is 46.9 Å². The Hall–Kier alpha value is -1.74. The zero-order valence-electron chi connectivity index (χ0n) is 16.9. The zero-order valence-corrected chi connectivity index (χ0v) is 17.7. The van der Waals surface area contributed by atoms with Crippen LogP contribution in [-0.2, 0) is 33.3 Å². The fourth-order valence-electron chi connectivity index (χ4n) is 3.30. The summed E-state index contributed by atoms with van der Waals surface area (Å²) in [5.74, 6) is -2.55. The fourth-order valence-corrected chi connectivity index (χ4v) is 4.48. The van der Waals surface area contributed by atoms with Crippen LogP contribution in [0.3, 0.4) is 0 Å². The van der Waals surface area contributed by atoms with Crippen LogP contribution in [0.15, 0.2) is 12.4 Å². The molecule has 0 aromatic carbocycles. The molecular formula is C16H26F3N5O5S. The van der Waals surface area contributed by atoms with Gasteiger partial charge >= 0.3 is 12.1 Å². The summed E-state index contributed by atoms with van der Waals surface area (Å²) in [6.45, 7) is 4.14. The summed E-state index contributed by atoms with van der Waals surface area (Å²) in [6, 6.07) is 0. The summed E-state index contributed by atoms with van der Waals surface area (Å²) in [5.41, 5.74) is 1.17. The third-order valence-electron chi connectivity index (χ3n) is 4.77. The van der Waals surface area contributed by atoms with Crippen LogP contribution in [0, 0.1) is 5.92 Å². The van der Waals surface area contributed by atoms with Crippen molar-refractivity contribution in [3.05, 3.63) is 18.0 Å². The van der Waals surface area contributed by atoms with E-state index in [1.54, 1.807) is 18.8 Å². The number of carboxylic acid groups (broad SMARTS) is 1. The van der Waals surface area contributed by atoms with Gasteiger partial charge in [0.05, 0.1) is 18.9 Å². The molecule has 3 rings (SSSR count). The first-order valence-electron chi connectivity index (χ1n) is 9.10. The van der Waals surface area contributed by atoms with Gasteiger partial charge in [-0.15, -0.1) is 0 Å². The summed E-state index contributed by atoms with van der Waals surface area (Å²) < 4.78 is 66.9. The highest BCUT2D eigenvalue weighted by Crippen LogP contribution is 2.27. The standard InChI is InChI=1S/C14H25N5O3S.C2HF3O2/c1-16(2)23(20,21)19-10-13-9-18(4-5-22-14(13)11-19)8-12-6-15-17(3)7-12;3-2(4,5)1(6)7/h6-7,13-14H,4-5,8-11H2,1-3H3;(H,6,7)/t13-,14+;/m0./s1. The Morgan fingerprint density at radius 1 is 1.33 bits per heavy atom. The Morgan fingerprint density at radius 3 is 2.47 bits per heavy atom. The van der Waals surface area contributed by atoms with Gasteiger partial charge in [-0.1, -0.05) is 0 Å². The molecule has 2 aliphatic heterocycles. The number of aryl methyl sites for hydroxylation is 1. The van der Waals surface area contributed by atoms with E-state index in [2.05, 4.69) is 10.00 Å². The molecule has 0 saturated carbocycles. The number of carbonyl (C=O) groups is 1. The maximum Gasteiger partial charge on any atom is 0.490 e. The number of halogens is 3. The van der Waals surface area contributed by atoms with E-state index in [0.717, 1.165) is 19.6 Å². The Balaban J connectivity index is 0.000000396. The molecule has 1 aromatic rings. The number of hydrogen-bond donors (Lipinski definition) is 1. The number of nitrogens with zero attached hydrogens (tertiary/aromatic N) is 5. The quantitative estimate of drug-likeness (QED) is 0.678. The molecule has 2 atom stereocenters. The van der Waals surface area contributed by atoms with Gasteiger partial charge in [0.25, 0.3) is 10.2 Å². The number of rotatable bonds is 4. The van der Waals surface area contributed by atoms with Gasteiger partial charge in [0.2, 0.25) is 0 Å². The van der Waals surface area contributed by atoms with Gasteiger partial charge < -0.3 is 9.84 Å². The average molecular weight is 457 g/mol. The SMILES string of the molecule is CN(C)S(=O)(=O)N1C[C@@H]2CN(Cc3cnn(C)c3)CCO[C@@H]2C1.O=C(O)C(F)(F)F. The van der Waals surface area contributed by atoms with Crippen molar-refractivity contribution < 1.29 is 36.2 Å². The second kappa shape index (κ2) is 9.60. The molecule has 1 aromatic heterocycles. The van der Waals surface area contributed by atoms with E-state index in [-0.39, 0.29) is 12.0 Å². The Morgan fingerprint density at radius 2 is 1.97 bits per heavy atom. The second-order valence-electron chi connectivity index (χ2n) is 7.34. The highest BCUT2D eigenvalue weighted by atomic mass is 32.2. The van der Waals surface area contributed by atoms with Gasteiger partial charge in [0, 0.05) is 71.5 Å². The highest BCUT2D eigenvalue weighted by molar-refractivity contribution is 7.86. The smallest absolute Gasteiger partial charge is 0.475 e. The molecule has 0 bridgehead atoms. The van der Waals surface area contributed by atoms with E-state index in [1.165, 1.54) is 14.2 Å². The summed E-state index contributed by atoms with van der Waals surface area (Å²) in [7, 11) is 1.68. The molecular weight excluding hydrogens is 431 g/mol. The van der Waals surface area contributed by atoms with E-state index in [9.17, 15) is 21.6 Å². The third-order valence-corrected chi connectivity index (χ3v) is 6.65. The van der Waals surface area contributed by atoms with Gasteiger partial charge in [0.1, 0.15) is 0 Å². The largest absolute Gasteiger partial charge is 0.490 e. The molecule has 14 heteroatoms. The lowest BCUT2D eigenvalue weighted by atomic mass is 10.1. The molecule has 0 amide bonds. The predicted octanol–water partition coefficient (Wildman–Crippen LogP) is -0.00760. The highest BCUT2D eigenvalue weighted by Gasteiger charge is 2.42. The van der Waals surface area contributed by atoms with Crippen LogP contribution >= 0.6 is 0 Å². The second-order valence-corrected chi connectivity index (χ2v) is 9.48. The Kier molecular flexibility index (Phi) is 7.85. The summed E-state index contributed by atoms with van der Waals surface area (Å²) >= 11 is 0. The molecule has 1 N–H and O–H groups in total. The number of ether oxygens (including phenoxy) is 1. The maximum absolute atomic E-state index is 12.3. The minimum Gasteiger partial charge on any atom is -0.475 e. The van der Waals surface area contributed by atoms with Crippen molar-refractivity contribution in [2.45, 2.75) is 18.8 Å². The van der Waals surface area contributed by atoms with E-state index < -0.39 is 22.4 Å². The molecule has 2 fully saturated rings. The lowest BCUT2D eigenvalue weighted by Gasteiger charge is -2.23. The van der Waals surface area contributed by atoms with Crippen molar-refractivity contribution in [2.24, 2.45) is 13.0 Å². The van der Waals surface area contributed by atoms with Crippen LogP contribution in [0.2, 0.25) is 0 Å². The molecule has 30 heavy (non-hydrogen) atoms. The Labute approximate surface area is 173 Å². The molecule has 10 nitrogen and oxygen atoms in total. The minimum atomic E-state index is -5.08. The fraction of sp³-hybridized carbons (Fsp3) is 0.750. The topological polar surface area (TPSA) is 108 Å². The van der Waals surface area contributed by atoms with Crippen molar-refractivity contribution in [1.82, 2.24) is 23.3 Å². The molecule has 2 aliphatic rings. The number of hydrogen-bond acceptors (Lipinski definition) is 6. The molecule has 3 heterocycles. The van der Waals surface area contributed by atoms with Crippen molar-refractivity contribution in [1.29, 1.82) is 0 Å². The Bertz CT molecular complexity index is 829. The van der Waals surface area contributed by atoms with Gasteiger partial charge in [0.15, 0.2) is 0 Å². The van der Waals surface area contributed by atoms with Gasteiger partial charge in [-0.2, -0.15) is 35.3 Å². The van der Waals surface area contributed by atoms with E-state index in [1.807, 2.05) is 19.4 Å². The molecule has 172 valence electrons. The molecule has 0 radical (unpaired) electrons. The van der Waals surface area contributed by atoms with Gasteiger partial charge in [-0.05, 0) is 0 Å². The first kappa shape index (κ1) is 24.5. The molecule has 2 saturated heterocycles.